The van der Waals surface area contributed by atoms with Gasteiger partial charge in [-0.1, -0.05) is 0 Å². The van der Waals surface area contributed by atoms with Gasteiger partial charge >= 0.3 is 0 Å². The number of allylic oxidation sites excluding steroid dienone is 1. The number of hydrogen-bond acceptors (Lipinski definition) is 3. The molecule has 0 bridgehead atoms. The molecule has 3 heteroatoms. The maximum Gasteiger partial charge on any atom is 0.0840 e. The van der Waals surface area contributed by atoms with E-state index >= 15 is 0 Å². The lowest BCUT2D eigenvalue weighted by molar-refractivity contribution is 0.407. The summed E-state index contributed by atoms with van der Waals surface area (Å²) in [7, 11) is 1.91. The summed E-state index contributed by atoms with van der Waals surface area (Å²) in [6.07, 6.45) is 6.14. The Morgan fingerprint density at radius 2 is 2.29 bits per heavy atom. The van der Waals surface area contributed by atoms with Gasteiger partial charge in [0.15, 0.2) is 0 Å². The van der Waals surface area contributed by atoms with E-state index in [-0.39, 0.29) is 0 Å². The summed E-state index contributed by atoms with van der Waals surface area (Å²) in [4.78, 5) is 6.65. The van der Waals surface area contributed by atoms with Gasteiger partial charge < -0.3 is 10.2 Å². The van der Waals surface area contributed by atoms with E-state index in [4.69, 9.17) is 0 Å². The third-order valence-electron chi connectivity index (χ3n) is 2.10. The number of nitrogens with one attached hydrogen (secondary N) is 1. The molecule has 78 valence electrons. The molecule has 0 atom stereocenters. The van der Waals surface area contributed by atoms with Crippen LogP contribution in [0.4, 0.5) is 0 Å². The quantitative estimate of drug-likeness (QED) is 0.739. The third-order valence-corrected chi connectivity index (χ3v) is 2.10. The molecule has 0 spiro atoms. The molecule has 1 aliphatic rings. The molecule has 0 unspecified atom stereocenters. The van der Waals surface area contributed by atoms with E-state index in [0.717, 1.165) is 18.0 Å². The van der Waals surface area contributed by atoms with Crippen LogP contribution in [0.25, 0.3) is 0 Å². The molecular weight excluding hydrogens is 174 g/mol. The molecule has 1 heterocycles. The molecule has 0 aromatic heterocycles. The van der Waals surface area contributed by atoms with Crippen LogP contribution in [0.3, 0.4) is 0 Å². The minimum atomic E-state index is 0.468. The minimum absolute atomic E-state index is 0.468. The summed E-state index contributed by atoms with van der Waals surface area (Å²) in [5, 5.41) is 3.06. The van der Waals surface area contributed by atoms with Crippen molar-refractivity contribution in [1.29, 1.82) is 0 Å². The highest BCUT2D eigenvalue weighted by atomic mass is 15.2. The summed E-state index contributed by atoms with van der Waals surface area (Å²) in [5.74, 6) is 0. The fourth-order valence-electron chi connectivity index (χ4n) is 1.49. The van der Waals surface area contributed by atoms with Crippen LogP contribution in [-0.4, -0.2) is 30.2 Å². The highest BCUT2D eigenvalue weighted by Gasteiger charge is 2.19. The van der Waals surface area contributed by atoms with Gasteiger partial charge in [-0.25, -0.2) is 0 Å². The van der Waals surface area contributed by atoms with Gasteiger partial charge in [0.1, 0.15) is 0 Å². The van der Waals surface area contributed by atoms with Crippen molar-refractivity contribution in [2.45, 2.75) is 26.8 Å². The van der Waals surface area contributed by atoms with E-state index < -0.39 is 0 Å². The molecule has 0 aromatic rings. The topological polar surface area (TPSA) is 27.6 Å². The van der Waals surface area contributed by atoms with Gasteiger partial charge in [-0.2, -0.15) is 0 Å². The molecule has 1 aliphatic heterocycles. The van der Waals surface area contributed by atoms with E-state index in [1.54, 1.807) is 0 Å². The molecule has 0 saturated heterocycles. The van der Waals surface area contributed by atoms with E-state index in [0.29, 0.717) is 6.04 Å². The first-order chi connectivity index (χ1) is 6.70. The highest BCUT2D eigenvalue weighted by molar-refractivity contribution is 6.10. The summed E-state index contributed by atoms with van der Waals surface area (Å²) < 4.78 is 0. The van der Waals surface area contributed by atoms with Crippen LogP contribution >= 0.6 is 0 Å². The van der Waals surface area contributed by atoms with Crippen molar-refractivity contribution in [3.8, 4) is 0 Å². The standard InChI is InChI=1S/C11H19N3/c1-5-13-10-6-7-14(9(2)3)11(10)8-12-4/h6-9,12H,5H2,1-4H3/b11-8+,13-10-. The van der Waals surface area contributed by atoms with Gasteiger partial charge in [-0.15, -0.1) is 0 Å². The Kier molecular flexibility index (Phi) is 3.74. The second-order valence-electron chi connectivity index (χ2n) is 3.49. The SMILES string of the molecule is CC/N=C1/C=CN(C(C)C)/C1=C/NC. The number of aliphatic imine (C=N–C) groups is 1. The number of hydrogen-bond donors (Lipinski definition) is 1. The second kappa shape index (κ2) is 4.84. The summed E-state index contributed by atoms with van der Waals surface area (Å²) >= 11 is 0. The first-order valence-electron chi connectivity index (χ1n) is 5.09. The van der Waals surface area contributed by atoms with Gasteiger partial charge in [0.2, 0.25) is 0 Å². The normalized spacial score (nSPS) is 21.6. The smallest absolute Gasteiger partial charge is 0.0840 e. The Morgan fingerprint density at radius 3 is 2.79 bits per heavy atom. The van der Waals surface area contributed by atoms with Crippen LogP contribution in [0, 0.1) is 0 Å². The minimum Gasteiger partial charge on any atom is -0.392 e. The van der Waals surface area contributed by atoms with Crippen molar-refractivity contribution < 1.29 is 0 Å². The highest BCUT2D eigenvalue weighted by Crippen LogP contribution is 2.18. The zero-order valence-corrected chi connectivity index (χ0v) is 9.41. The van der Waals surface area contributed by atoms with Crippen LogP contribution in [0.2, 0.25) is 0 Å². The van der Waals surface area contributed by atoms with E-state index in [1.807, 2.05) is 13.2 Å². The molecule has 0 saturated carbocycles. The molecule has 0 radical (unpaired) electrons. The molecule has 3 nitrogen and oxygen atoms in total. The van der Waals surface area contributed by atoms with Crippen LogP contribution in [0.1, 0.15) is 20.8 Å². The third kappa shape index (κ3) is 2.16. The van der Waals surface area contributed by atoms with Crippen molar-refractivity contribution >= 4 is 5.71 Å². The lowest BCUT2D eigenvalue weighted by Crippen LogP contribution is -2.25. The Bertz CT molecular complexity index is 274. The number of nitrogens with zero attached hydrogens (tertiary/aromatic N) is 2. The van der Waals surface area contributed by atoms with Crippen LogP contribution in [0.15, 0.2) is 29.2 Å². The lowest BCUT2D eigenvalue weighted by Gasteiger charge is -2.22. The van der Waals surface area contributed by atoms with Gasteiger partial charge in [-0.05, 0) is 26.8 Å². The molecule has 14 heavy (non-hydrogen) atoms. The molecule has 1 N–H and O–H groups in total. The van der Waals surface area contributed by atoms with E-state index in [1.165, 1.54) is 0 Å². The summed E-state index contributed by atoms with van der Waals surface area (Å²) in [6.45, 7) is 7.22. The molecule has 0 aromatic carbocycles. The summed E-state index contributed by atoms with van der Waals surface area (Å²) in [6, 6.07) is 0.468. The fourth-order valence-corrected chi connectivity index (χ4v) is 1.49. The van der Waals surface area contributed by atoms with Crippen molar-refractivity contribution in [3.63, 3.8) is 0 Å². The largest absolute Gasteiger partial charge is 0.392 e. The Morgan fingerprint density at radius 1 is 1.57 bits per heavy atom. The first kappa shape index (κ1) is 10.8. The average Bonchev–Trinajstić information content (AvgIpc) is 2.50. The zero-order chi connectivity index (χ0) is 10.6. The van der Waals surface area contributed by atoms with Gasteiger partial charge in [0.25, 0.3) is 0 Å². The predicted octanol–water partition coefficient (Wildman–Crippen LogP) is 1.75. The molecule has 1 rings (SSSR count). The number of rotatable bonds is 3. The van der Waals surface area contributed by atoms with Gasteiger partial charge in [0, 0.05) is 32.0 Å². The van der Waals surface area contributed by atoms with Gasteiger partial charge in [-0.3, -0.25) is 4.99 Å². The Balaban J connectivity index is 2.91. The summed E-state index contributed by atoms with van der Waals surface area (Å²) in [5.41, 5.74) is 2.22. The maximum atomic E-state index is 4.44. The van der Waals surface area contributed by atoms with E-state index in [2.05, 4.69) is 48.3 Å². The molecular formula is C11H19N3. The Labute approximate surface area is 86.2 Å². The van der Waals surface area contributed by atoms with Crippen LogP contribution < -0.4 is 5.32 Å². The van der Waals surface area contributed by atoms with E-state index in [9.17, 15) is 0 Å². The monoisotopic (exact) mass is 193 g/mol. The molecule has 0 fully saturated rings. The molecule has 0 aliphatic carbocycles. The van der Waals surface area contributed by atoms with Crippen LogP contribution in [0.5, 0.6) is 0 Å². The second-order valence-corrected chi connectivity index (χ2v) is 3.49. The zero-order valence-electron chi connectivity index (χ0n) is 9.41. The fraction of sp³-hybridized carbons (Fsp3) is 0.545. The predicted molar refractivity (Wildman–Crippen MR) is 61.2 cm³/mol. The van der Waals surface area contributed by atoms with Crippen molar-refractivity contribution in [3.05, 3.63) is 24.2 Å². The maximum absolute atomic E-state index is 4.44. The van der Waals surface area contributed by atoms with Crippen molar-refractivity contribution in [1.82, 2.24) is 10.2 Å². The average molecular weight is 193 g/mol. The lowest BCUT2D eigenvalue weighted by atomic mass is 10.2. The Hall–Kier alpha value is -1.25. The molecule has 0 amide bonds. The van der Waals surface area contributed by atoms with Gasteiger partial charge in [0.05, 0.1) is 11.4 Å². The van der Waals surface area contributed by atoms with Crippen LogP contribution in [-0.2, 0) is 0 Å². The van der Waals surface area contributed by atoms with Crippen molar-refractivity contribution in [2.75, 3.05) is 13.6 Å². The van der Waals surface area contributed by atoms with Crippen molar-refractivity contribution in [2.24, 2.45) is 4.99 Å². The first-order valence-corrected chi connectivity index (χ1v) is 5.09.